The molecule has 5 heteroatoms. The van der Waals surface area contributed by atoms with E-state index >= 15 is 0 Å². The highest BCUT2D eigenvalue weighted by Gasteiger charge is 2.40. The highest BCUT2D eigenvalue weighted by molar-refractivity contribution is 7.99. The lowest BCUT2D eigenvalue weighted by Gasteiger charge is -2.27. The Labute approximate surface area is 105 Å². The molecular weight excluding hydrogens is 236 g/mol. The van der Waals surface area contributed by atoms with Crippen molar-refractivity contribution in [2.45, 2.75) is 12.0 Å². The number of para-hydroxylation sites is 2. The summed E-state index contributed by atoms with van der Waals surface area (Å²) in [6.07, 6.45) is 0.755. The lowest BCUT2D eigenvalue weighted by atomic mass is 9.97. The van der Waals surface area contributed by atoms with Crippen molar-refractivity contribution in [1.82, 2.24) is 0 Å². The van der Waals surface area contributed by atoms with Crippen LogP contribution in [0.4, 0.5) is 5.69 Å². The van der Waals surface area contributed by atoms with Gasteiger partial charge in [-0.2, -0.15) is 11.8 Å². The molecule has 0 bridgehead atoms. The van der Waals surface area contributed by atoms with Crippen LogP contribution in [0.2, 0.25) is 0 Å². The summed E-state index contributed by atoms with van der Waals surface area (Å²) < 4.78 is 5.26. The Morgan fingerprint density at radius 2 is 2.29 bits per heavy atom. The number of carbonyl (C=O) groups excluding carboxylic acids is 1. The Kier molecular flexibility index (Phi) is 3.47. The lowest BCUT2D eigenvalue weighted by Crippen LogP contribution is -2.50. The number of anilines is 1. The average molecular weight is 252 g/mol. The first-order chi connectivity index (χ1) is 8.18. The third kappa shape index (κ3) is 2.34. The van der Waals surface area contributed by atoms with Crippen LogP contribution >= 0.6 is 11.8 Å². The van der Waals surface area contributed by atoms with Gasteiger partial charge >= 0.3 is 0 Å². The lowest BCUT2D eigenvalue weighted by molar-refractivity contribution is -0.121. The zero-order valence-corrected chi connectivity index (χ0v) is 10.5. The Morgan fingerprint density at radius 3 is 2.88 bits per heavy atom. The first kappa shape index (κ1) is 12.1. The van der Waals surface area contributed by atoms with Crippen LogP contribution in [0.3, 0.4) is 0 Å². The van der Waals surface area contributed by atoms with Gasteiger partial charge in [0, 0.05) is 5.75 Å². The molecule has 92 valence electrons. The molecule has 3 N–H and O–H groups in total. The quantitative estimate of drug-likeness (QED) is 0.851. The summed E-state index contributed by atoms with van der Waals surface area (Å²) >= 11 is 1.74. The van der Waals surface area contributed by atoms with E-state index in [2.05, 4.69) is 5.32 Å². The second-order valence-corrected chi connectivity index (χ2v) is 5.18. The fraction of sp³-hybridized carbons (Fsp3) is 0.417. The number of primary amides is 1. The second-order valence-electron chi connectivity index (χ2n) is 4.07. The van der Waals surface area contributed by atoms with E-state index < -0.39 is 5.54 Å². The van der Waals surface area contributed by atoms with Crippen LogP contribution < -0.4 is 15.8 Å². The molecule has 0 aliphatic carbocycles. The molecule has 1 atom stereocenters. The SMILES string of the molecule is COc1ccccc1NC1(C(N)=O)CCSC1. The summed E-state index contributed by atoms with van der Waals surface area (Å²) in [4.78, 5) is 11.6. The number of amides is 1. The number of benzene rings is 1. The van der Waals surface area contributed by atoms with Crippen LogP contribution in [-0.2, 0) is 4.79 Å². The van der Waals surface area contributed by atoms with Crippen molar-refractivity contribution >= 4 is 23.4 Å². The molecule has 1 heterocycles. The molecule has 1 aromatic rings. The van der Waals surface area contributed by atoms with Gasteiger partial charge in [0.1, 0.15) is 11.3 Å². The molecule has 1 amide bonds. The third-order valence-corrected chi connectivity index (χ3v) is 4.16. The van der Waals surface area contributed by atoms with Crippen molar-refractivity contribution in [3.63, 3.8) is 0 Å². The first-order valence-corrected chi connectivity index (χ1v) is 6.62. The molecule has 0 spiro atoms. The van der Waals surface area contributed by atoms with E-state index in [0.717, 1.165) is 23.6 Å². The largest absolute Gasteiger partial charge is 0.495 e. The maximum Gasteiger partial charge on any atom is 0.243 e. The number of nitrogens with two attached hydrogens (primary N) is 1. The number of carbonyl (C=O) groups is 1. The number of hydrogen-bond donors (Lipinski definition) is 2. The minimum atomic E-state index is -0.640. The van der Waals surface area contributed by atoms with Gasteiger partial charge in [-0.25, -0.2) is 0 Å². The van der Waals surface area contributed by atoms with Gasteiger partial charge in [0.15, 0.2) is 0 Å². The van der Waals surface area contributed by atoms with Gasteiger partial charge in [-0.1, -0.05) is 12.1 Å². The molecule has 1 aromatic carbocycles. The zero-order chi connectivity index (χ0) is 12.3. The van der Waals surface area contributed by atoms with Crippen LogP contribution in [-0.4, -0.2) is 30.1 Å². The van der Waals surface area contributed by atoms with Crippen molar-refractivity contribution in [3.8, 4) is 5.75 Å². The van der Waals surface area contributed by atoms with E-state index in [1.54, 1.807) is 18.9 Å². The molecule has 0 saturated carbocycles. The van der Waals surface area contributed by atoms with Crippen LogP contribution in [0.5, 0.6) is 5.75 Å². The number of methoxy groups -OCH3 is 1. The van der Waals surface area contributed by atoms with Crippen molar-refractivity contribution in [3.05, 3.63) is 24.3 Å². The fourth-order valence-corrected chi connectivity index (χ4v) is 3.27. The maximum atomic E-state index is 11.6. The molecule has 1 aliphatic heterocycles. The Balaban J connectivity index is 2.26. The molecule has 2 rings (SSSR count). The van der Waals surface area contributed by atoms with Gasteiger partial charge in [0.25, 0.3) is 0 Å². The Hall–Kier alpha value is -1.36. The zero-order valence-electron chi connectivity index (χ0n) is 9.73. The van der Waals surface area contributed by atoms with Gasteiger partial charge in [0.05, 0.1) is 12.8 Å². The van der Waals surface area contributed by atoms with E-state index in [0.29, 0.717) is 5.75 Å². The van der Waals surface area contributed by atoms with Crippen LogP contribution in [0.15, 0.2) is 24.3 Å². The summed E-state index contributed by atoms with van der Waals surface area (Å²) in [5, 5.41) is 3.25. The highest BCUT2D eigenvalue weighted by Crippen LogP contribution is 2.34. The minimum Gasteiger partial charge on any atom is -0.495 e. The third-order valence-electron chi connectivity index (χ3n) is 2.97. The number of hydrogen-bond acceptors (Lipinski definition) is 4. The number of rotatable bonds is 4. The molecule has 4 nitrogen and oxygen atoms in total. The molecular formula is C12H16N2O2S. The Morgan fingerprint density at radius 1 is 1.53 bits per heavy atom. The number of ether oxygens (including phenoxy) is 1. The van der Waals surface area contributed by atoms with Gasteiger partial charge < -0.3 is 15.8 Å². The fourth-order valence-electron chi connectivity index (χ4n) is 1.93. The van der Waals surface area contributed by atoms with Crippen molar-refractivity contribution in [2.24, 2.45) is 5.73 Å². The van der Waals surface area contributed by atoms with Crippen LogP contribution in [0.1, 0.15) is 6.42 Å². The van der Waals surface area contributed by atoms with Gasteiger partial charge in [-0.15, -0.1) is 0 Å². The van der Waals surface area contributed by atoms with Crippen molar-refractivity contribution in [2.75, 3.05) is 23.9 Å². The van der Waals surface area contributed by atoms with Crippen LogP contribution in [0.25, 0.3) is 0 Å². The summed E-state index contributed by atoms with van der Waals surface area (Å²) in [6, 6.07) is 7.55. The Bertz CT molecular complexity index is 417. The molecule has 1 aliphatic rings. The van der Waals surface area contributed by atoms with E-state index in [4.69, 9.17) is 10.5 Å². The molecule has 1 saturated heterocycles. The smallest absolute Gasteiger partial charge is 0.243 e. The van der Waals surface area contributed by atoms with E-state index in [1.165, 1.54) is 0 Å². The van der Waals surface area contributed by atoms with E-state index in [1.807, 2.05) is 24.3 Å². The summed E-state index contributed by atoms with van der Waals surface area (Å²) in [7, 11) is 1.61. The predicted molar refractivity (Wildman–Crippen MR) is 70.5 cm³/mol. The normalized spacial score (nSPS) is 23.4. The van der Waals surface area contributed by atoms with Gasteiger partial charge in [-0.05, 0) is 24.3 Å². The van der Waals surface area contributed by atoms with Gasteiger partial charge in [0.2, 0.25) is 5.91 Å². The number of nitrogens with one attached hydrogen (secondary N) is 1. The monoisotopic (exact) mass is 252 g/mol. The van der Waals surface area contributed by atoms with Crippen molar-refractivity contribution in [1.29, 1.82) is 0 Å². The molecule has 17 heavy (non-hydrogen) atoms. The molecule has 1 fully saturated rings. The topological polar surface area (TPSA) is 64.3 Å². The standard InChI is InChI=1S/C12H16N2O2S/c1-16-10-5-3-2-4-9(10)14-12(11(13)15)6-7-17-8-12/h2-5,14H,6-8H2,1H3,(H2,13,15). The second kappa shape index (κ2) is 4.87. The average Bonchev–Trinajstić information content (AvgIpc) is 2.80. The summed E-state index contributed by atoms with van der Waals surface area (Å²) in [5.74, 6) is 2.09. The predicted octanol–water partition coefficient (Wildman–Crippen LogP) is 1.47. The van der Waals surface area contributed by atoms with E-state index in [-0.39, 0.29) is 5.91 Å². The molecule has 0 radical (unpaired) electrons. The molecule has 0 aromatic heterocycles. The van der Waals surface area contributed by atoms with Crippen molar-refractivity contribution < 1.29 is 9.53 Å². The first-order valence-electron chi connectivity index (χ1n) is 5.47. The summed E-state index contributed by atoms with van der Waals surface area (Å²) in [5.41, 5.74) is 5.69. The maximum absolute atomic E-state index is 11.6. The molecule has 1 unspecified atom stereocenters. The van der Waals surface area contributed by atoms with Crippen LogP contribution in [0, 0.1) is 0 Å². The summed E-state index contributed by atoms with van der Waals surface area (Å²) in [6.45, 7) is 0. The van der Waals surface area contributed by atoms with Gasteiger partial charge in [-0.3, -0.25) is 4.79 Å². The number of thioether (sulfide) groups is 1. The minimum absolute atomic E-state index is 0.298. The van der Waals surface area contributed by atoms with E-state index in [9.17, 15) is 4.79 Å². The highest BCUT2D eigenvalue weighted by atomic mass is 32.2.